The lowest BCUT2D eigenvalue weighted by Crippen LogP contribution is -2.40. The highest BCUT2D eigenvalue weighted by molar-refractivity contribution is 5.92. The number of aryl methyl sites for hydroxylation is 1. The fourth-order valence-corrected chi connectivity index (χ4v) is 2.36. The smallest absolute Gasteiger partial charge is 0.338 e. The molecule has 0 spiro atoms. The fraction of sp³-hybridized carbons (Fsp3) is 0.500. The van der Waals surface area contributed by atoms with Gasteiger partial charge in [-0.25, -0.2) is 4.79 Å². The molecule has 1 unspecified atom stereocenters. The van der Waals surface area contributed by atoms with Crippen molar-refractivity contribution in [3.8, 4) is 0 Å². The molecule has 1 aliphatic rings. The maximum atomic E-state index is 11.9. The van der Waals surface area contributed by atoms with Crippen LogP contribution in [0.1, 0.15) is 48.5 Å². The first kappa shape index (κ1) is 14.6. The Morgan fingerprint density at radius 2 is 1.80 bits per heavy atom. The lowest BCUT2D eigenvalue weighted by atomic mass is 10.1. The molecule has 0 heterocycles. The quantitative estimate of drug-likeness (QED) is 0.859. The van der Waals surface area contributed by atoms with Crippen molar-refractivity contribution in [1.82, 2.24) is 5.32 Å². The molecule has 108 valence electrons. The van der Waals surface area contributed by atoms with Crippen LogP contribution in [0.25, 0.3) is 0 Å². The Bertz CT molecular complexity index is 475. The number of amides is 1. The van der Waals surface area contributed by atoms with Crippen molar-refractivity contribution < 1.29 is 14.3 Å². The van der Waals surface area contributed by atoms with E-state index in [0.717, 1.165) is 31.2 Å². The number of rotatable bonds is 4. The van der Waals surface area contributed by atoms with Crippen molar-refractivity contribution >= 4 is 11.9 Å². The number of esters is 1. The van der Waals surface area contributed by atoms with Gasteiger partial charge in [0.25, 0.3) is 5.91 Å². The molecule has 0 aromatic heterocycles. The predicted octanol–water partition coefficient (Wildman–Crippen LogP) is 2.60. The Hall–Kier alpha value is -1.84. The summed E-state index contributed by atoms with van der Waals surface area (Å²) in [6.07, 6.45) is 3.59. The first-order valence-electron chi connectivity index (χ1n) is 7.14. The van der Waals surface area contributed by atoms with Gasteiger partial charge in [-0.05, 0) is 38.8 Å². The summed E-state index contributed by atoms with van der Waals surface area (Å²) in [5, 5.41) is 2.93. The molecule has 4 nitrogen and oxygen atoms in total. The molecule has 1 saturated carbocycles. The van der Waals surface area contributed by atoms with Gasteiger partial charge in [-0.2, -0.15) is 0 Å². The first-order valence-corrected chi connectivity index (χ1v) is 7.14. The summed E-state index contributed by atoms with van der Waals surface area (Å²) in [4.78, 5) is 23.8. The van der Waals surface area contributed by atoms with Gasteiger partial charge in [-0.1, -0.05) is 30.5 Å². The zero-order chi connectivity index (χ0) is 14.5. The van der Waals surface area contributed by atoms with Crippen molar-refractivity contribution in [2.24, 2.45) is 0 Å². The topological polar surface area (TPSA) is 55.4 Å². The summed E-state index contributed by atoms with van der Waals surface area (Å²) >= 11 is 0. The number of benzene rings is 1. The van der Waals surface area contributed by atoms with E-state index < -0.39 is 12.1 Å². The number of carbonyl (C=O) groups excluding carboxylic acids is 2. The third-order valence-corrected chi connectivity index (χ3v) is 3.64. The highest BCUT2D eigenvalue weighted by atomic mass is 16.5. The van der Waals surface area contributed by atoms with E-state index in [1.54, 1.807) is 19.1 Å². The van der Waals surface area contributed by atoms with Gasteiger partial charge in [-0.3, -0.25) is 4.79 Å². The monoisotopic (exact) mass is 275 g/mol. The van der Waals surface area contributed by atoms with E-state index >= 15 is 0 Å². The third kappa shape index (κ3) is 3.83. The van der Waals surface area contributed by atoms with Crippen LogP contribution in [-0.2, 0) is 9.53 Å². The van der Waals surface area contributed by atoms with Gasteiger partial charge in [-0.15, -0.1) is 0 Å². The number of carbonyl (C=O) groups is 2. The first-order chi connectivity index (χ1) is 9.56. The average Bonchev–Trinajstić information content (AvgIpc) is 2.92. The van der Waals surface area contributed by atoms with E-state index in [1.807, 2.05) is 19.1 Å². The highest BCUT2D eigenvalue weighted by Crippen LogP contribution is 2.17. The molecule has 1 aromatic rings. The molecule has 20 heavy (non-hydrogen) atoms. The summed E-state index contributed by atoms with van der Waals surface area (Å²) in [6.45, 7) is 3.56. The Morgan fingerprint density at radius 3 is 2.40 bits per heavy atom. The normalized spacial score (nSPS) is 16.7. The molecule has 1 amide bonds. The van der Waals surface area contributed by atoms with E-state index in [0.29, 0.717) is 5.56 Å². The van der Waals surface area contributed by atoms with Gasteiger partial charge in [0.2, 0.25) is 0 Å². The second kappa shape index (κ2) is 6.55. The summed E-state index contributed by atoms with van der Waals surface area (Å²) < 4.78 is 5.20. The van der Waals surface area contributed by atoms with E-state index in [4.69, 9.17) is 4.74 Å². The Morgan fingerprint density at radius 1 is 1.20 bits per heavy atom. The second-order valence-electron chi connectivity index (χ2n) is 5.40. The summed E-state index contributed by atoms with van der Waals surface area (Å²) in [7, 11) is 0. The van der Waals surface area contributed by atoms with Crippen molar-refractivity contribution in [3.63, 3.8) is 0 Å². The number of ether oxygens (including phenoxy) is 1. The van der Waals surface area contributed by atoms with Crippen molar-refractivity contribution in [3.05, 3.63) is 35.4 Å². The molecule has 0 aliphatic heterocycles. The zero-order valence-corrected chi connectivity index (χ0v) is 12.0. The average molecular weight is 275 g/mol. The molecule has 0 radical (unpaired) electrons. The molecular weight excluding hydrogens is 254 g/mol. The molecule has 1 N–H and O–H groups in total. The molecule has 1 aromatic carbocycles. The number of nitrogens with one attached hydrogen (secondary N) is 1. The van der Waals surface area contributed by atoms with Gasteiger partial charge < -0.3 is 10.1 Å². The minimum Gasteiger partial charge on any atom is -0.449 e. The van der Waals surface area contributed by atoms with Crippen molar-refractivity contribution in [2.45, 2.75) is 51.7 Å². The highest BCUT2D eigenvalue weighted by Gasteiger charge is 2.23. The van der Waals surface area contributed by atoms with E-state index in [1.165, 1.54) is 0 Å². The molecule has 1 fully saturated rings. The maximum Gasteiger partial charge on any atom is 0.338 e. The van der Waals surface area contributed by atoms with Crippen LogP contribution < -0.4 is 5.32 Å². The molecule has 1 aliphatic carbocycles. The van der Waals surface area contributed by atoms with E-state index in [2.05, 4.69) is 5.32 Å². The third-order valence-electron chi connectivity index (χ3n) is 3.64. The Kier molecular flexibility index (Phi) is 4.77. The van der Waals surface area contributed by atoms with E-state index in [-0.39, 0.29) is 11.9 Å². The van der Waals surface area contributed by atoms with Crippen LogP contribution in [0.5, 0.6) is 0 Å². The second-order valence-corrected chi connectivity index (χ2v) is 5.40. The largest absolute Gasteiger partial charge is 0.449 e. The fourth-order valence-electron chi connectivity index (χ4n) is 2.36. The Balaban J connectivity index is 1.86. The van der Waals surface area contributed by atoms with Gasteiger partial charge in [0.15, 0.2) is 6.10 Å². The maximum absolute atomic E-state index is 11.9. The number of hydrogen-bond acceptors (Lipinski definition) is 3. The van der Waals surface area contributed by atoms with Gasteiger partial charge in [0.05, 0.1) is 5.56 Å². The van der Waals surface area contributed by atoms with Crippen molar-refractivity contribution in [1.29, 1.82) is 0 Å². The molecule has 4 heteroatoms. The van der Waals surface area contributed by atoms with Crippen LogP contribution in [0, 0.1) is 6.92 Å². The summed E-state index contributed by atoms with van der Waals surface area (Å²) in [6, 6.07) is 7.35. The molecule has 0 saturated heterocycles. The standard InChI is InChI=1S/C16H21NO3/c1-11-7-9-13(10-8-11)16(19)20-12(2)15(18)17-14-5-3-4-6-14/h7-10,12,14H,3-6H2,1-2H3,(H,17,18). The molecule has 0 bridgehead atoms. The van der Waals surface area contributed by atoms with E-state index in [9.17, 15) is 9.59 Å². The summed E-state index contributed by atoms with van der Waals surface area (Å²) in [5.74, 6) is -0.670. The predicted molar refractivity (Wildman–Crippen MR) is 76.5 cm³/mol. The van der Waals surface area contributed by atoms with Crippen LogP contribution in [0.15, 0.2) is 24.3 Å². The molecular formula is C16H21NO3. The minimum absolute atomic E-state index is 0.211. The SMILES string of the molecule is Cc1ccc(C(=O)OC(C)C(=O)NC2CCCC2)cc1. The Labute approximate surface area is 119 Å². The van der Waals surface area contributed by atoms with Crippen molar-refractivity contribution in [2.75, 3.05) is 0 Å². The lowest BCUT2D eigenvalue weighted by Gasteiger charge is -2.17. The van der Waals surface area contributed by atoms with Gasteiger partial charge in [0, 0.05) is 6.04 Å². The number of hydrogen-bond donors (Lipinski definition) is 1. The minimum atomic E-state index is -0.760. The molecule has 1 atom stereocenters. The van der Waals surface area contributed by atoms with Crippen LogP contribution >= 0.6 is 0 Å². The lowest BCUT2D eigenvalue weighted by molar-refractivity contribution is -0.129. The van der Waals surface area contributed by atoms with Gasteiger partial charge >= 0.3 is 5.97 Å². The van der Waals surface area contributed by atoms with Crippen LogP contribution in [0.2, 0.25) is 0 Å². The van der Waals surface area contributed by atoms with Crippen LogP contribution in [0.4, 0.5) is 0 Å². The van der Waals surface area contributed by atoms with Crippen LogP contribution in [0.3, 0.4) is 0 Å². The van der Waals surface area contributed by atoms with Gasteiger partial charge in [0.1, 0.15) is 0 Å². The van der Waals surface area contributed by atoms with Crippen LogP contribution in [-0.4, -0.2) is 24.0 Å². The summed E-state index contributed by atoms with van der Waals surface area (Å²) in [5.41, 5.74) is 1.55. The molecule has 2 rings (SSSR count). The zero-order valence-electron chi connectivity index (χ0n) is 12.0.